The molecule has 0 amide bonds. The van der Waals surface area contributed by atoms with Crippen molar-refractivity contribution in [3.8, 4) is 11.3 Å². The van der Waals surface area contributed by atoms with Crippen LogP contribution in [-0.4, -0.2) is 17.2 Å². The highest BCUT2D eigenvalue weighted by molar-refractivity contribution is 5.64. The lowest BCUT2D eigenvalue weighted by Crippen LogP contribution is -2.06. The Hall–Kier alpha value is -1.68. The van der Waals surface area contributed by atoms with E-state index in [-0.39, 0.29) is 5.82 Å². The van der Waals surface area contributed by atoms with Gasteiger partial charge in [-0.05, 0) is 50.2 Å². The summed E-state index contributed by atoms with van der Waals surface area (Å²) in [7, 11) is 1.89. The topological polar surface area (TPSA) is 40.7 Å². The summed E-state index contributed by atoms with van der Waals surface area (Å²) in [6.45, 7) is 4.53. The van der Waals surface area contributed by atoms with Crippen LogP contribution in [0.4, 0.5) is 4.39 Å². The molecule has 2 rings (SSSR count). The zero-order valence-corrected chi connectivity index (χ0v) is 10.3. The van der Waals surface area contributed by atoms with Gasteiger partial charge < -0.3 is 5.32 Å². The highest BCUT2D eigenvalue weighted by Gasteiger charge is 2.11. The van der Waals surface area contributed by atoms with Crippen molar-refractivity contribution >= 4 is 0 Å². The van der Waals surface area contributed by atoms with Crippen molar-refractivity contribution < 1.29 is 4.39 Å². The van der Waals surface area contributed by atoms with Crippen molar-refractivity contribution in [3.63, 3.8) is 0 Å². The van der Waals surface area contributed by atoms with E-state index in [9.17, 15) is 4.39 Å². The van der Waals surface area contributed by atoms with Gasteiger partial charge in [0.15, 0.2) is 0 Å². The summed E-state index contributed by atoms with van der Waals surface area (Å²) < 4.78 is 13.2. The Morgan fingerprint density at radius 2 is 2.12 bits per heavy atom. The molecule has 0 fully saturated rings. The fourth-order valence-corrected chi connectivity index (χ4v) is 1.86. The quantitative estimate of drug-likeness (QED) is 0.855. The summed E-state index contributed by atoms with van der Waals surface area (Å²) >= 11 is 0. The lowest BCUT2D eigenvalue weighted by atomic mass is 10.0. The van der Waals surface area contributed by atoms with Crippen LogP contribution in [0.1, 0.15) is 16.8 Å². The fourth-order valence-electron chi connectivity index (χ4n) is 1.86. The number of aromatic nitrogens is 2. The average molecular weight is 233 g/mol. The van der Waals surface area contributed by atoms with Gasteiger partial charge in [-0.2, -0.15) is 5.10 Å². The molecule has 0 radical (unpaired) electrons. The molecule has 4 heteroatoms. The summed E-state index contributed by atoms with van der Waals surface area (Å²) in [6.07, 6.45) is 0. The fraction of sp³-hybridized carbons (Fsp3) is 0.308. The van der Waals surface area contributed by atoms with Gasteiger partial charge in [0.05, 0.1) is 11.4 Å². The first-order valence-electron chi connectivity index (χ1n) is 5.58. The van der Waals surface area contributed by atoms with Gasteiger partial charge in [0.1, 0.15) is 5.82 Å². The van der Waals surface area contributed by atoms with E-state index in [1.165, 1.54) is 6.07 Å². The van der Waals surface area contributed by atoms with Gasteiger partial charge in [0, 0.05) is 12.1 Å². The van der Waals surface area contributed by atoms with E-state index >= 15 is 0 Å². The van der Waals surface area contributed by atoms with Crippen LogP contribution in [0.15, 0.2) is 18.2 Å². The third kappa shape index (κ3) is 2.22. The highest BCUT2D eigenvalue weighted by atomic mass is 19.1. The number of aromatic amines is 1. The standard InChI is InChI=1S/C13H16FN3/c1-8-6-10(4-5-11(8)14)13-9(2)12(7-15-3)16-17-13/h4-6,15H,7H2,1-3H3,(H,16,17). The number of nitrogens with one attached hydrogen (secondary N) is 2. The average Bonchev–Trinajstić information content (AvgIpc) is 2.66. The number of nitrogens with zero attached hydrogens (tertiary/aromatic N) is 1. The molecular weight excluding hydrogens is 217 g/mol. The molecule has 2 N–H and O–H groups in total. The first kappa shape index (κ1) is 11.8. The Morgan fingerprint density at radius 3 is 2.76 bits per heavy atom. The lowest BCUT2D eigenvalue weighted by Gasteiger charge is -2.02. The van der Waals surface area contributed by atoms with Crippen LogP contribution in [0.2, 0.25) is 0 Å². The van der Waals surface area contributed by atoms with Gasteiger partial charge in [-0.1, -0.05) is 0 Å². The molecule has 3 nitrogen and oxygen atoms in total. The molecule has 0 aliphatic rings. The molecule has 1 heterocycles. The summed E-state index contributed by atoms with van der Waals surface area (Å²) in [4.78, 5) is 0. The van der Waals surface area contributed by atoms with Crippen LogP contribution in [0.5, 0.6) is 0 Å². The molecule has 1 aromatic carbocycles. The maximum Gasteiger partial charge on any atom is 0.126 e. The van der Waals surface area contributed by atoms with E-state index in [0.29, 0.717) is 5.56 Å². The van der Waals surface area contributed by atoms with Gasteiger partial charge in [-0.15, -0.1) is 0 Å². The van der Waals surface area contributed by atoms with Gasteiger partial charge in [0.2, 0.25) is 0 Å². The third-order valence-corrected chi connectivity index (χ3v) is 2.90. The Kier molecular flexibility index (Phi) is 3.24. The van der Waals surface area contributed by atoms with Crippen molar-refractivity contribution in [2.75, 3.05) is 7.05 Å². The van der Waals surface area contributed by atoms with E-state index < -0.39 is 0 Å². The third-order valence-electron chi connectivity index (χ3n) is 2.90. The molecule has 0 saturated carbocycles. The van der Waals surface area contributed by atoms with Gasteiger partial charge >= 0.3 is 0 Å². The minimum atomic E-state index is -0.183. The number of hydrogen-bond donors (Lipinski definition) is 2. The molecule has 17 heavy (non-hydrogen) atoms. The van der Waals surface area contributed by atoms with Crippen LogP contribution in [-0.2, 0) is 6.54 Å². The summed E-state index contributed by atoms with van der Waals surface area (Å²) in [5.41, 5.74) is 4.63. The number of halogens is 1. The van der Waals surface area contributed by atoms with Crippen LogP contribution in [0.3, 0.4) is 0 Å². The number of H-pyrrole nitrogens is 1. The Balaban J connectivity index is 2.42. The molecule has 0 unspecified atom stereocenters. The van der Waals surface area contributed by atoms with E-state index in [2.05, 4.69) is 15.5 Å². The number of benzene rings is 1. The predicted octanol–water partition coefficient (Wildman–Crippen LogP) is 2.55. The second kappa shape index (κ2) is 4.67. The largest absolute Gasteiger partial charge is 0.314 e. The van der Waals surface area contributed by atoms with Crippen molar-refractivity contribution in [1.82, 2.24) is 15.5 Å². The predicted molar refractivity (Wildman–Crippen MR) is 66.2 cm³/mol. The van der Waals surface area contributed by atoms with Crippen LogP contribution >= 0.6 is 0 Å². The Bertz CT molecular complexity index is 531. The maximum absolute atomic E-state index is 13.2. The van der Waals surface area contributed by atoms with Gasteiger partial charge in [-0.3, -0.25) is 5.10 Å². The molecule has 0 aliphatic carbocycles. The van der Waals surface area contributed by atoms with Crippen molar-refractivity contribution in [1.29, 1.82) is 0 Å². The van der Waals surface area contributed by atoms with E-state index in [1.807, 2.05) is 20.0 Å². The minimum absolute atomic E-state index is 0.183. The zero-order chi connectivity index (χ0) is 12.4. The van der Waals surface area contributed by atoms with E-state index in [4.69, 9.17) is 0 Å². The van der Waals surface area contributed by atoms with Crippen molar-refractivity contribution in [3.05, 3.63) is 40.8 Å². The maximum atomic E-state index is 13.2. The lowest BCUT2D eigenvalue weighted by molar-refractivity contribution is 0.618. The number of aryl methyl sites for hydroxylation is 1. The molecule has 0 saturated heterocycles. The monoisotopic (exact) mass is 233 g/mol. The molecule has 0 aliphatic heterocycles. The smallest absolute Gasteiger partial charge is 0.126 e. The first-order chi connectivity index (χ1) is 8.13. The normalized spacial score (nSPS) is 10.8. The minimum Gasteiger partial charge on any atom is -0.314 e. The summed E-state index contributed by atoms with van der Waals surface area (Å²) in [6, 6.07) is 5.06. The van der Waals surface area contributed by atoms with Crippen molar-refractivity contribution in [2.45, 2.75) is 20.4 Å². The van der Waals surface area contributed by atoms with Gasteiger partial charge in [0.25, 0.3) is 0 Å². The second-order valence-corrected chi connectivity index (χ2v) is 4.17. The Labute approximate surface area is 100 Å². The molecule has 0 atom stereocenters. The second-order valence-electron chi connectivity index (χ2n) is 4.17. The molecule has 0 bridgehead atoms. The Morgan fingerprint density at radius 1 is 1.35 bits per heavy atom. The number of rotatable bonds is 3. The highest BCUT2D eigenvalue weighted by Crippen LogP contribution is 2.24. The first-order valence-corrected chi connectivity index (χ1v) is 5.58. The molecular formula is C13H16FN3. The van der Waals surface area contributed by atoms with E-state index in [1.54, 1.807) is 13.0 Å². The van der Waals surface area contributed by atoms with Crippen molar-refractivity contribution in [2.24, 2.45) is 0 Å². The SMILES string of the molecule is CNCc1[nH]nc(-c2ccc(F)c(C)c2)c1C. The van der Waals surface area contributed by atoms with Gasteiger partial charge in [-0.25, -0.2) is 4.39 Å². The van der Waals surface area contributed by atoms with E-state index in [0.717, 1.165) is 29.1 Å². The van der Waals surface area contributed by atoms with Crippen LogP contribution in [0, 0.1) is 19.7 Å². The number of hydrogen-bond acceptors (Lipinski definition) is 2. The molecule has 0 spiro atoms. The molecule has 90 valence electrons. The van der Waals surface area contributed by atoms with Crippen LogP contribution < -0.4 is 5.32 Å². The summed E-state index contributed by atoms with van der Waals surface area (Å²) in [5, 5.41) is 10.4. The molecule has 2 aromatic rings. The molecule has 1 aromatic heterocycles. The van der Waals surface area contributed by atoms with Crippen LogP contribution in [0.25, 0.3) is 11.3 Å². The zero-order valence-electron chi connectivity index (χ0n) is 10.3. The summed E-state index contributed by atoms with van der Waals surface area (Å²) in [5.74, 6) is -0.183.